The molecule has 2 aromatic rings. The number of benzene rings is 1. The van der Waals surface area contributed by atoms with Crippen molar-refractivity contribution in [3.63, 3.8) is 0 Å². The van der Waals surface area contributed by atoms with E-state index in [9.17, 15) is 0 Å². The second-order valence-electron chi connectivity index (χ2n) is 3.64. The third kappa shape index (κ3) is 2.28. The zero-order valence-electron chi connectivity index (χ0n) is 9.66. The average Bonchev–Trinajstić information content (AvgIpc) is 2.30. The predicted octanol–water partition coefficient (Wildman–Crippen LogP) is 2.63. The van der Waals surface area contributed by atoms with Crippen LogP contribution in [0, 0.1) is 0 Å². The molecule has 0 aliphatic rings. The van der Waals surface area contributed by atoms with Gasteiger partial charge in [0.2, 0.25) is 0 Å². The first-order chi connectivity index (χ1) is 8.15. The molecule has 17 heavy (non-hydrogen) atoms. The Kier molecular flexibility index (Phi) is 3.36. The van der Waals surface area contributed by atoms with Gasteiger partial charge in [-0.15, -0.1) is 0 Å². The number of anilines is 1. The predicted molar refractivity (Wildman–Crippen MR) is 68.4 cm³/mol. The number of pyridine rings is 1. The number of halogens is 1. The fourth-order valence-corrected chi connectivity index (χ4v) is 1.93. The standard InChI is InChI=1S/C12H13ClN2O2/c1-16-6-7-3-10(14)8-4-9(13)12(17-2)5-11(8)15-7/h3-5H,6H2,1-2H3,(H2,14,15). The van der Waals surface area contributed by atoms with E-state index in [0.717, 1.165) is 16.6 Å². The molecule has 0 saturated carbocycles. The van der Waals surface area contributed by atoms with Gasteiger partial charge in [0.25, 0.3) is 0 Å². The molecule has 0 saturated heterocycles. The van der Waals surface area contributed by atoms with E-state index in [0.29, 0.717) is 23.1 Å². The van der Waals surface area contributed by atoms with Gasteiger partial charge >= 0.3 is 0 Å². The van der Waals surface area contributed by atoms with Gasteiger partial charge in [-0.25, -0.2) is 0 Å². The van der Waals surface area contributed by atoms with Crippen molar-refractivity contribution in [2.45, 2.75) is 6.61 Å². The Balaban J connectivity index is 2.65. The van der Waals surface area contributed by atoms with E-state index in [1.54, 1.807) is 32.4 Å². The maximum Gasteiger partial charge on any atom is 0.139 e. The number of ether oxygens (including phenoxy) is 2. The van der Waals surface area contributed by atoms with Gasteiger partial charge in [-0.1, -0.05) is 11.6 Å². The lowest BCUT2D eigenvalue weighted by atomic mass is 10.1. The van der Waals surface area contributed by atoms with Crippen molar-refractivity contribution in [3.05, 3.63) is 28.9 Å². The van der Waals surface area contributed by atoms with Crippen LogP contribution >= 0.6 is 11.6 Å². The summed E-state index contributed by atoms with van der Waals surface area (Å²) >= 11 is 6.04. The van der Waals surface area contributed by atoms with Crippen LogP contribution in [0.15, 0.2) is 18.2 Å². The minimum absolute atomic E-state index is 0.422. The summed E-state index contributed by atoms with van der Waals surface area (Å²) in [5.41, 5.74) is 8.11. The molecule has 0 amide bonds. The van der Waals surface area contributed by atoms with E-state index < -0.39 is 0 Å². The zero-order valence-corrected chi connectivity index (χ0v) is 10.4. The molecule has 2 rings (SSSR count). The Hall–Kier alpha value is -1.52. The molecule has 0 bridgehead atoms. The number of nitrogens with two attached hydrogens (primary N) is 1. The van der Waals surface area contributed by atoms with E-state index in [2.05, 4.69) is 4.98 Å². The number of nitrogen functional groups attached to an aromatic ring is 1. The first-order valence-electron chi connectivity index (χ1n) is 5.07. The number of rotatable bonds is 3. The van der Waals surface area contributed by atoms with Gasteiger partial charge in [-0.3, -0.25) is 4.98 Å². The number of nitrogens with zero attached hydrogens (tertiary/aromatic N) is 1. The SMILES string of the molecule is COCc1cc(N)c2cc(Cl)c(OC)cc2n1. The second-order valence-corrected chi connectivity index (χ2v) is 4.05. The average molecular weight is 253 g/mol. The Morgan fingerprint density at radius 2 is 2.06 bits per heavy atom. The molecule has 5 heteroatoms. The molecule has 0 spiro atoms. The molecule has 0 atom stereocenters. The lowest BCUT2D eigenvalue weighted by molar-refractivity contribution is 0.182. The first kappa shape index (κ1) is 12.0. The highest BCUT2D eigenvalue weighted by atomic mass is 35.5. The van der Waals surface area contributed by atoms with Crippen molar-refractivity contribution < 1.29 is 9.47 Å². The summed E-state index contributed by atoms with van der Waals surface area (Å²) in [6, 6.07) is 5.32. The van der Waals surface area contributed by atoms with Gasteiger partial charge in [-0.2, -0.15) is 0 Å². The normalized spacial score (nSPS) is 10.8. The van der Waals surface area contributed by atoms with E-state index in [-0.39, 0.29) is 0 Å². The summed E-state index contributed by atoms with van der Waals surface area (Å²) in [5, 5.41) is 1.34. The Bertz CT molecular complexity index is 558. The topological polar surface area (TPSA) is 57.4 Å². The number of fused-ring (bicyclic) bond motifs is 1. The summed E-state index contributed by atoms with van der Waals surface area (Å²) < 4.78 is 10.2. The molecule has 0 unspecified atom stereocenters. The molecule has 2 N–H and O–H groups in total. The summed E-state index contributed by atoms with van der Waals surface area (Å²) in [7, 11) is 3.18. The zero-order chi connectivity index (χ0) is 12.4. The van der Waals surface area contributed by atoms with E-state index >= 15 is 0 Å². The second kappa shape index (κ2) is 4.77. The van der Waals surface area contributed by atoms with Crippen LogP contribution in [0.25, 0.3) is 10.9 Å². The minimum atomic E-state index is 0.422. The van der Waals surface area contributed by atoms with Gasteiger partial charge in [-0.05, 0) is 12.1 Å². The lowest BCUT2D eigenvalue weighted by Gasteiger charge is -2.09. The number of aromatic nitrogens is 1. The highest BCUT2D eigenvalue weighted by molar-refractivity contribution is 6.33. The summed E-state index contributed by atoms with van der Waals surface area (Å²) in [5.74, 6) is 0.584. The van der Waals surface area contributed by atoms with Crippen molar-refractivity contribution in [1.29, 1.82) is 0 Å². The van der Waals surface area contributed by atoms with Gasteiger partial charge in [0.1, 0.15) is 5.75 Å². The number of methoxy groups -OCH3 is 2. The molecule has 0 aliphatic heterocycles. The molecular weight excluding hydrogens is 240 g/mol. The summed E-state index contributed by atoms with van der Waals surface area (Å²) in [6.07, 6.45) is 0. The maximum atomic E-state index is 6.04. The fourth-order valence-electron chi connectivity index (χ4n) is 1.69. The van der Waals surface area contributed by atoms with Crippen molar-refractivity contribution >= 4 is 28.2 Å². The number of hydrogen-bond acceptors (Lipinski definition) is 4. The van der Waals surface area contributed by atoms with E-state index in [4.69, 9.17) is 26.8 Å². The quantitative estimate of drug-likeness (QED) is 0.912. The number of hydrogen-bond donors (Lipinski definition) is 1. The van der Waals surface area contributed by atoms with Crippen LogP contribution in [0.2, 0.25) is 5.02 Å². The third-order valence-electron chi connectivity index (χ3n) is 2.46. The van der Waals surface area contributed by atoms with E-state index in [1.807, 2.05) is 0 Å². The summed E-state index contributed by atoms with van der Waals surface area (Å²) in [4.78, 5) is 4.43. The molecule has 0 fully saturated rings. The molecular formula is C12H13ClN2O2. The van der Waals surface area contributed by atoms with Crippen LogP contribution in [-0.4, -0.2) is 19.2 Å². The van der Waals surface area contributed by atoms with Gasteiger partial charge in [0.05, 0.1) is 29.9 Å². The van der Waals surface area contributed by atoms with Gasteiger partial charge < -0.3 is 15.2 Å². The Labute approximate surface area is 104 Å². The molecule has 0 radical (unpaired) electrons. The van der Waals surface area contributed by atoms with Gasteiger partial charge in [0, 0.05) is 24.2 Å². The molecule has 1 heterocycles. The fraction of sp³-hybridized carbons (Fsp3) is 0.250. The van der Waals surface area contributed by atoms with Crippen molar-refractivity contribution in [3.8, 4) is 5.75 Å². The third-order valence-corrected chi connectivity index (χ3v) is 2.75. The van der Waals surface area contributed by atoms with Crippen molar-refractivity contribution in [2.24, 2.45) is 0 Å². The van der Waals surface area contributed by atoms with Crippen molar-refractivity contribution in [2.75, 3.05) is 20.0 Å². The molecule has 90 valence electrons. The smallest absolute Gasteiger partial charge is 0.139 e. The van der Waals surface area contributed by atoms with E-state index in [1.165, 1.54) is 0 Å². The minimum Gasteiger partial charge on any atom is -0.495 e. The van der Waals surface area contributed by atoms with Gasteiger partial charge in [0.15, 0.2) is 0 Å². The maximum absolute atomic E-state index is 6.04. The monoisotopic (exact) mass is 252 g/mol. The highest BCUT2D eigenvalue weighted by Gasteiger charge is 2.08. The van der Waals surface area contributed by atoms with Crippen LogP contribution in [0.5, 0.6) is 5.75 Å². The molecule has 4 nitrogen and oxygen atoms in total. The van der Waals surface area contributed by atoms with Crippen LogP contribution in [0.1, 0.15) is 5.69 Å². The Morgan fingerprint density at radius 1 is 1.29 bits per heavy atom. The highest BCUT2D eigenvalue weighted by Crippen LogP contribution is 2.32. The Morgan fingerprint density at radius 3 is 2.71 bits per heavy atom. The van der Waals surface area contributed by atoms with Crippen LogP contribution < -0.4 is 10.5 Å². The van der Waals surface area contributed by atoms with Crippen molar-refractivity contribution in [1.82, 2.24) is 4.98 Å². The molecule has 0 aliphatic carbocycles. The van der Waals surface area contributed by atoms with Crippen LogP contribution in [0.3, 0.4) is 0 Å². The summed E-state index contributed by atoms with van der Waals surface area (Å²) in [6.45, 7) is 0.422. The molecule has 1 aromatic heterocycles. The lowest BCUT2D eigenvalue weighted by Crippen LogP contribution is -1.97. The largest absolute Gasteiger partial charge is 0.495 e. The molecule has 1 aromatic carbocycles. The first-order valence-corrected chi connectivity index (χ1v) is 5.45. The van der Waals surface area contributed by atoms with Crippen LogP contribution in [0.4, 0.5) is 5.69 Å². The van der Waals surface area contributed by atoms with Crippen LogP contribution in [-0.2, 0) is 11.3 Å².